The maximum atomic E-state index is 12.5. The predicted octanol–water partition coefficient (Wildman–Crippen LogP) is 2.79. The molecule has 7 nitrogen and oxygen atoms in total. The Morgan fingerprint density at radius 3 is 1.88 bits per heavy atom. The number of carbonyl (C=O) groups excluding carboxylic acids is 3. The Morgan fingerprint density at radius 2 is 1.44 bits per heavy atom. The summed E-state index contributed by atoms with van der Waals surface area (Å²) in [4.78, 5) is 37.7. The molecule has 133 valence electrons. The molecule has 25 heavy (non-hydrogen) atoms. The molecule has 0 atom stereocenters. The van der Waals surface area contributed by atoms with Gasteiger partial charge in [0, 0.05) is 23.9 Å². The summed E-state index contributed by atoms with van der Waals surface area (Å²) in [5.41, 5.74) is -1.04. The highest BCUT2D eigenvalue weighted by molar-refractivity contribution is 6.28. The van der Waals surface area contributed by atoms with Crippen molar-refractivity contribution in [2.24, 2.45) is 0 Å². The number of nitrogens with zero attached hydrogens (tertiary/aromatic N) is 2. The molecule has 3 amide bonds. The second-order valence-corrected chi connectivity index (χ2v) is 7.82. The number of hydroxylamine groups is 2. The molecule has 0 bridgehead atoms. The number of hydrogen-bond acceptors (Lipinski definition) is 5. The highest BCUT2D eigenvalue weighted by atomic mass is 16.6. The monoisotopic (exact) mass is 345 g/mol. The molecule has 0 spiro atoms. The van der Waals surface area contributed by atoms with Gasteiger partial charge >= 0.3 is 6.09 Å². The molecule has 0 unspecified atom stereocenters. The Labute approximate surface area is 146 Å². The van der Waals surface area contributed by atoms with Crippen LogP contribution in [0, 0.1) is 0 Å². The number of hydrogen-bond donors (Lipinski definition) is 0. The minimum absolute atomic E-state index is 0.194. The fraction of sp³-hybridized carbons (Fsp3) is 0.500. The topological polar surface area (TPSA) is 86.8 Å². The van der Waals surface area contributed by atoms with Gasteiger partial charge in [0.05, 0.1) is 11.1 Å². The van der Waals surface area contributed by atoms with Gasteiger partial charge in [-0.1, -0.05) is 12.1 Å². The van der Waals surface area contributed by atoms with Crippen LogP contribution in [0.4, 0.5) is 4.79 Å². The largest absolute Gasteiger partial charge is 0.445 e. The number of amides is 3. The lowest BCUT2D eigenvalue weighted by Gasteiger charge is -2.49. The summed E-state index contributed by atoms with van der Waals surface area (Å²) in [6.07, 6.45) is -0.877. The van der Waals surface area contributed by atoms with Gasteiger partial charge in [0.15, 0.2) is 0 Å². The lowest BCUT2D eigenvalue weighted by Crippen LogP contribution is -2.60. The third kappa shape index (κ3) is 2.83. The summed E-state index contributed by atoms with van der Waals surface area (Å²) in [6, 6.07) is 6.28. The molecule has 2 heterocycles. The zero-order chi connectivity index (χ0) is 18.6. The molecule has 0 N–H and O–H groups in total. The van der Waals surface area contributed by atoms with E-state index >= 15 is 0 Å². The van der Waals surface area contributed by atoms with E-state index in [1.807, 2.05) is 0 Å². The fourth-order valence-corrected chi connectivity index (χ4v) is 3.81. The summed E-state index contributed by atoms with van der Waals surface area (Å²) in [5, 5.41) is 13.4. The summed E-state index contributed by atoms with van der Waals surface area (Å²) < 4.78 is 5.45. The molecule has 7 heteroatoms. The molecule has 1 fully saturated rings. The van der Waals surface area contributed by atoms with E-state index in [1.165, 1.54) is 12.1 Å². The van der Waals surface area contributed by atoms with Gasteiger partial charge < -0.3 is 4.74 Å². The van der Waals surface area contributed by atoms with E-state index in [2.05, 4.69) is 0 Å². The van der Waals surface area contributed by atoms with Gasteiger partial charge in [-0.3, -0.25) is 9.59 Å². The van der Waals surface area contributed by atoms with Gasteiger partial charge in [0.1, 0.15) is 6.10 Å². The van der Waals surface area contributed by atoms with Crippen molar-refractivity contribution in [3.05, 3.63) is 35.4 Å². The lowest BCUT2D eigenvalue weighted by atomic mass is 9.80. The number of rotatable bonds is 1. The Morgan fingerprint density at radius 1 is 1.00 bits per heavy atom. The number of ether oxygens (including phenoxy) is 1. The van der Waals surface area contributed by atoms with Crippen molar-refractivity contribution in [1.82, 2.24) is 9.96 Å². The Kier molecular flexibility index (Phi) is 3.96. The van der Waals surface area contributed by atoms with Gasteiger partial charge in [-0.05, 0) is 39.8 Å². The highest BCUT2D eigenvalue weighted by Gasteiger charge is 2.49. The molecule has 1 aromatic rings. The Hall–Kier alpha value is -2.25. The third-order valence-electron chi connectivity index (χ3n) is 4.80. The van der Waals surface area contributed by atoms with Crippen molar-refractivity contribution in [3.8, 4) is 0 Å². The van der Waals surface area contributed by atoms with Gasteiger partial charge in [0.2, 0.25) is 0 Å². The zero-order valence-corrected chi connectivity index (χ0v) is 14.7. The fourth-order valence-electron chi connectivity index (χ4n) is 3.81. The van der Waals surface area contributed by atoms with Crippen molar-refractivity contribution in [2.75, 3.05) is 0 Å². The van der Waals surface area contributed by atoms with Crippen LogP contribution in [0.5, 0.6) is 0 Å². The summed E-state index contributed by atoms with van der Waals surface area (Å²) >= 11 is 0. The summed E-state index contributed by atoms with van der Waals surface area (Å²) in [6.45, 7) is 7.13. The molecule has 0 saturated carbocycles. The van der Waals surface area contributed by atoms with Crippen molar-refractivity contribution < 1.29 is 24.3 Å². The van der Waals surface area contributed by atoms with Crippen molar-refractivity contribution in [2.45, 2.75) is 57.7 Å². The average Bonchev–Trinajstić information content (AvgIpc) is 2.76. The standard InChI is InChI=1S/C18H21N2O5/c1-17(2)9-11(10-18(3,4)20(17)24)25-16(23)19-14(21)12-7-5-6-8-13(12)15(19)22/h5-8,11H,9-10H2,1-4H3. The first kappa shape index (κ1) is 17.6. The van der Waals surface area contributed by atoms with Crippen molar-refractivity contribution in [3.63, 3.8) is 0 Å². The minimum Gasteiger partial charge on any atom is -0.445 e. The summed E-state index contributed by atoms with van der Waals surface area (Å²) in [7, 11) is 0. The van der Waals surface area contributed by atoms with Crippen LogP contribution < -0.4 is 0 Å². The molecule has 1 aromatic carbocycles. The third-order valence-corrected chi connectivity index (χ3v) is 4.80. The quantitative estimate of drug-likeness (QED) is 0.731. The zero-order valence-electron chi connectivity index (χ0n) is 14.7. The van der Waals surface area contributed by atoms with Gasteiger partial charge in [0.25, 0.3) is 11.8 Å². The van der Waals surface area contributed by atoms with E-state index in [0.717, 1.165) is 5.06 Å². The molecule has 2 aliphatic heterocycles. The molecule has 0 aliphatic carbocycles. The first-order chi connectivity index (χ1) is 11.5. The first-order valence-electron chi connectivity index (χ1n) is 8.20. The van der Waals surface area contributed by atoms with Crippen LogP contribution >= 0.6 is 0 Å². The average molecular weight is 345 g/mol. The first-order valence-corrected chi connectivity index (χ1v) is 8.20. The van der Waals surface area contributed by atoms with Crippen LogP contribution in [0.3, 0.4) is 0 Å². The second kappa shape index (κ2) is 5.64. The number of fused-ring (bicyclic) bond motifs is 1. The van der Waals surface area contributed by atoms with Crippen LogP contribution in [0.15, 0.2) is 24.3 Å². The smallest absolute Gasteiger partial charge is 0.424 e. The van der Waals surface area contributed by atoms with Gasteiger partial charge in [-0.2, -0.15) is 4.90 Å². The van der Waals surface area contributed by atoms with Crippen LogP contribution in [0.1, 0.15) is 61.3 Å². The van der Waals surface area contributed by atoms with Crippen LogP contribution in [-0.2, 0) is 9.94 Å². The van der Waals surface area contributed by atoms with Gasteiger partial charge in [-0.25, -0.2) is 4.79 Å². The van der Waals surface area contributed by atoms with E-state index in [-0.39, 0.29) is 11.1 Å². The highest BCUT2D eigenvalue weighted by Crippen LogP contribution is 2.38. The Balaban J connectivity index is 1.78. The van der Waals surface area contributed by atoms with Gasteiger partial charge in [-0.15, -0.1) is 10.3 Å². The van der Waals surface area contributed by atoms with Crippen LogP contribution in [0.25, 0.3) is 0 Å². The number of carbonyl (C=O) groups is 3. The maximum Gasteiger partial charge on any atom is 0.424 e. The minimum atomic E-state index is -0.984. The molecule has 1 saturated heterocycles. The van der Waals surface area contributed by atoms with Crippen LogP contribution in [0.2, 0.25) is 0 Å². The number of imide groups is 3. The molecular weight excluding hydrogens is 324 g/mol. The molecule has 3 rings (SSSR count). The van der Waals surface area contributed by atoms with E-state index in [1.54, 1.807) is 39.8 Å². The Bertz CT molecular complexity index is 703. The van der Waals surface area contributed by atoms with Crippen LogP contribution in [-0.4, -0.2) is 45.1 Å². The molecular formula is C18H21N2O5. The van der Waals surface area contributed by atoms with E-state index in [4.69, 9.17) is 4.74 Å². The van der Waals surface area contributed by atoms with E-state index in [9.17, 15) is 19.6 Å². The second-order valence-electron chi connectivity index (χ2n) is 7.82. The SMILES string of the molecule is CC1(C)CC(OC(=O)N2C(=O)c3ccccc3C2=O)CC(C)(C)N1[O]. The number of piperidine rings is 1. The molecule has 0 aromatic heterocycles. The molecule has 1 radical (unpaired) electrons. The van der Waals surface area contributed by atoms with E-state index in [0.29, 0.717) is 17.7 Å². The van der Waals surface area contributed by atoms with Crippen molar-refractivity contribution in [1.29, 1.82) is 0 Å². The van der Waals surface area contributed by atoms with E-state index < -0.39 is 35.1 Å². The predicted molar refractivity (Wildman–Crippen MR) is 87.1 cm³/mol. The number of benzene rings is 1. The normalized spacial score (nSPS) is 22.8. The van der Waals surface area contributed by atoms with Crippen molar-refractivity contribution >= 4 is 17.9 Å². The maximum absolute atomic E-state index is 12.5. The summed E-state index contributed by atoms with van der Waals surface area (Å²) in [5.74, 6) is -1.35. The molecule has 2 aliphatic rings. The lowest BCUT2D eigenvalue weighted by molar-refractivity contribution is -0.298.